The summed E-state index contributed by atoms with van der Waals surface area (Å²) in [5.74, 6) is 0.0878. The van der Waals surface area contributed by atoms with Crippen LogP contribution in [0.5, 0.6) is 0 Å². The summed E-state index contributed by atoms with van der Waals surface area (Å²) >= 11 is 0. The summed E-state index contributed by atoms with van der Waals surface area (Å²) < 4.78 is 0. The summed E-state index contributed by atoms with van der Waals surface area (Å²) in [6, 6.07) is 8.15. The first-order valence-electron chi connectivity index (χ1n) is 5.64. The van der Waals surface area contributed by atoms with Crippen LogP contribution in [0.15, 0.2) is 30.5 Å². The number of likely N-dealkylation sites (N-methyl/N-ethyl adjacent to an activating group) is 1. The lowest BCUT2D eigenvalue weighted by Gasteiger charge is -2.10. The quantitative estimate of drug-likeness (QED) is 0.834. The number of hydrogen-bond donors (Lipinski definition) is 2. The summed E-state index contributed by atoms with van der Waals surface area (Å²) in [7, 11) is 3.52. The van der Waals surface area contributed by atoms with Crippen LogP contribution < -0.4 is 5.32 Å². The Labute approximate surface area is 101 Å². The first-order chi connectivity index (χ1) is 8.18. The van der Waals surface area contributed by atoms with E-state index in [9.17, 15) is 4.79 Å². The molecule has 0 aliphatic carbocycles. The van der Waals surface area contributed by atoms with Gasteiger partial charge in [0.25, 0.3) is 0 Å². The van der Waals surface area contributed by atoms with Crippen molar-refractivity contribution >= 4 is 16.8 Å². The van der Waals surface area contributed by atoms with Gasteiger partial charge in [0, 0.05) is 37.7 Å². The molecule has 0 spiro atoms. The standard InChI is InChI=1S/C13H17N3O/c1-16(2)13(17)9-14-7-10-8-15-12-6-4-3-5-11(10)12/h3-6,8,14-15H,7,9H2,1-2H3. The highest BCUT2D eigenvalue weighted by Gasteiger charge is 2.05. The van der Waals surface area contributed by atoms with Crippen molar-refractivity contribution in [3.8, 4) is 0 Å². The van der Waals surface area contributed by atoms with Crippen LogP contribution in [-0.2, 0) is 11.3 Å². The first kappa shape index (κ1) is 11.7. The monoisotopic (exact) mass is 231 g/mol. The molecule has 0 saturated heterocycles. The number of aromatic amines is 1. The van der Waals surface area contributed by atoms with Gasteiger partial charge in [0.15, 0.2) is 0 Å². The van der Waals surface area contributed by atoms with E-state index >= 15 is 0 Å². The Hall–Kier alpha value is -1.81. The Morgan fingerprint density at radius 1 is 1.35 bits per heavy atom. The van der Waals surface area contributed by atoms with Gasteiger partial charge in [-0.25, -0.2) is 0 Å². The number of nitrogens with zero attached hydrogens (tertiary/aromatic N) is 1. The number of rotatable bonds is 4. The Bertz CT molecular complexity index is 516. The molecular weight excluding hydrogens is 214 g/mol. The number of carbonyl (C=O) groups is 1. The van der Waals surface area contributed by atoms with E-state index in [1.165, 1.54) is 10.9 Å². The molecule has 1 amide bonds. The fourth-order valence-electron chi connectivity index (χ4n) is 1.74. The Morgan fingerprint density at radius 3 is 2.88 bits per heavy atom. The molecule has 0 radical (unpaired) electrons. The Morgan fingerprint density at radius 2 is 2.12 bits per heavy atom. The number of amides is 1. The lowest BCUT2D eigenvalue weighted by Crippen LogP contribution is -2.32. The number of nitrogens with one attached hydrogen (secondary N) is 2. The van der Waals surface area contributed by atoms with Crippen LogP contribution in [0.2, 0.25) is 0 Å². The van der Waals surface area contributed by atoms with Crippen LogP contribution in [0, 0.1) is 0 Å². The topological polar surface area (TPSA) is 48.1 Å². The normalized spacial score (nSPS) is 10.7. The fraction of sp³-hybridized carbons (Fsp3) is 0.308. The van der Waals surface area contributed by atoms with E-state index in [-0.39, 0.29) is 5.91 Å². The lowest BCUT2D eigenvalue weighted by molar-refractivity contribution is -0.127. The van der Waals surface area contributed by atoms with Crippen LogP contribution in [0.3, 0.4) is 0 Å². The minimum atomic E-state index is 0.0878. The van der Waals surface area contributed by atoms with Gasteiger partial charge in [-0.05, 0) is 11.6 Å². The van der Waals surface area contributed by atoms with E-state index in [4.69, 9.17) is 0 Å². The van der Waals surface area contributed by atoms with E-state index in [1.54, 1.807) is 19.0 Å². The molecule has 17 heavy (non-hydrogen) atoms. The van der Waals surface area contributed by atoms with Crippen molar-refractivity contribution in [2.75, 3.05) is 20.6 Å². The summed E-state index contributed by atoms with van der Waals surface area (Å²) in [5.41, 5.74) is 2.32. The molecule has 4 nitrogen and oxygen atoms in total. The number of H-pyrrole nitrogens is 1. The molecule has 1 heterocycles. The second-order valence-electron chi connectivity index (χ2n) is 4.25. The number of fused-ring (bicyclic) bond motifs is 1. The van der Waals surface area contributed by atoms with Crippen molar-refractivity contribution in [2.45, 2.75) is 6.54 Å². The van der Waals surface area contributed by atoms with Gasteiger partial charge in [-0.3, -0.25) is 4.79 Å². The number of hydrogen-bond acceptors (Lipinski definition) is 2. The number of carbonyl (C=O) groups excluding carboxylic acids is 1. The van der Waals surface area contributed by atoms with Gasteiger partial charge in [0.05, 0.1) is 6.54 Å². The first-order valence-corrected chi connectivity index (χ1v) is 5.64. The van der Waals surface area contributed by atoms with Gasteiger partial charge >= 0.3 is 0 Å². The number of para-hydroxylation sites is 1. The maximum atomic E-state index is 11.4. The number of aromatic nitrogens is 1. The van der Waals surface area contributed by atoms with Crippen LogP contribution >= 0.6 is 0 Å². The average molecular weight is 231 g/mol. The third kappa shape index (κ3) is 2.65. The molecule has 4 heteroatoms. The van der Waals surface area contributed by atoms with Crippen LogP contribution in [0.25, 0.3) is 10.9 Å². The smallest absolute Gasteiger partial charge is 0.236 e. The second kappa shape index (κ2) is 5.01. The van der Waals surface area contributed by atoms with Crippen molar-refractivity contribution in [3.63, 3.8) is 0 Å². The largest absolute Gasteiger partial charge is 0.361 e. The second-order valence-corrected chi connectivity index (χ2v) is 4.25. The van der Waals surface area contributed by atoms with Crippen LogP contribution in [0.1, 0.15) is 5.56 Å². The molecule has 2 aromatic rings. The molecular formula is C13H17N3O. The highest BCUT2D eigenvalue weighted by molar-refractivity contribution is 5.83. The van der Waals surface area contributed by atoms with Gasteiger partial charge in [-0.2, -0.15) is 0 Å². The highest BCUT2D eigenvalue weighted by atomic mass is 16.2. The molecule has 0 aliphatic rings. The number of benzene rings is 1. The van der Waals surface area contributed by atoms with Gasteiger partial charge < -0.3 is 15.2 Å². The molecule has 0 aliphatic heterocycles. The zero-order valence-electron chi connectivity index (χ0n) is 10.2. The van der Waals surface area contributed by atoms with Crippen molar-refractivity contribution in [1.29, 1.82) is 0 Å². The zero-order chi connectivity index (χ0) is 12.3. The molecule has 2 N–H and O–H groups in total. The van der Waals surface area contributed by atoms with E-state index in [0.717, 1.165) is 5.52 Å². The van der Waals surface area contributed by atoms with E-state index in [0.29, 0.717) is 13.1 Å². The summed E-state index contributed by atoms with van der Waals surface area (Å²) in [6.07, 6.45) is 1.98. The van der Waals surface area contributed by atoms with Crippen LogP contribution in [0.4, 0.5) is 0 Å². The molecule has 0 unspecified atom stereocenters. The minimum Gasteiger partial charge on any atom is -0.361 e. The summed E-state index contributed by atoms with van der Waals surface area (Å²) in [4.78, 5) is 16.2. The molecule has 1 aromatic heterocycles. The van der Waals surface area contributed by atoms with E-state index in [2.05, 4.69) is 16.4 Å². The summed E-state index contributed by atoms with van der Waals surface area (Å²) in [6.45, 7) is 1.07. The molecule has 0 atom stereocenters. The van der Waals surface area contributed by atoms with Crippen molar-refractivity contribution in [2.24, 2.45) is 0 Å². The van der Waals surface area contributed by atoms with Crippen molar-refractivity contribution in [3.05, 3.63) is 36.0 Å². The predicted octanol–water partition coefficient (Wildman–Crippen LogP) is 1.35. The molecule has 90 valence electrons. The van der Waals surface area contributed by atoms with E-state index in [1.807, 2.05) is 24.4 Å². The molecule has 0 saturated carbocycles. The average Bonchev–Trinajstić information content (AvgIpc) is 2.72. The highest BCUT2D eigenvalue weighted by Crippen LogP contribution is 2.16. The third-order valence-corrected chi connectivity index (χ3v) is 2.77. The third-order valence-electron chi connectivity index (χ3n) is 2.77. The van der Waals surface area contributed by atoms with Gasteiger partial charge in [0.2, 0.25) is 5.91 Å². The molecule has 0 fully saturated rings. The maximum absolute atomic E-state index is 11.4. The van der Waals surface area contributed by atoms with Gasteiger partial charge in [-0.1, -0.05) is 18.2 Å². The summed E-state index contributed by atoms with van der Waals surface area (Å²) in [5, 5.41) is 4.36. The molecule has 0 bridgehead atoms. The SMILES string of the molecule is CN(C)C(=O)CNCc1c[nH]c2ccccc12. The van der Waals surface area contributed by atoms with E-state index < -0.39 is 0 Å². The Balaban J connectivity index is 1.98. The van der Waals surface area contributed by atoms with Crippen molar-refractivity contribution in [1.82, 2.24) is 15.2 Å². The Kier molecular flexibility index (Phi) is 3.44. The molecule has 1 aromatic carbocycles. The van der Waals surface area contributed by atoms with Gasteiger partial charge in [0.1, 0.15) is 0 Å². The maximum Gasteiger partial charge on any atom is 0.236 e. The van der Waals surface area contributed by atoms with Gasteiger partial charge in [-0.15, -0.1) is 0 Å². The van der Waals surface area contributed by atoms with Crippen molar-refractivity contribution < 1.29 is 4.79 Å². The fourth-order valence-corrected chi connectivity index (χ4v) is 1.74. The minimum absolute atomic E-state index is 0.0878. The predicted molar refractivity (Wildman–Crippen MR) is 68.7 cm³/mol. The molecule has 2 rings (SSSR count). The lowest BCUT2D eigenvalue weighted by atomic mass is 10.2. The van der Waals surface area contributed by atoms with Crippen LogP contribution in [-0.4, -0.2) is 36.4 Å². The zero-order valence-corrected chi connectivity index (χ0v) is 10.2.